The maximum absolute atomic E-state index is 3.86. The first-order chi connectivity index (χ1) is 8.19. The Hall–Kier alpha value is -1.56. The van der Waals surface area contributed by atoms with Gasteiger partial charge in [0.2, 0.25) is 0 Å². The lowest BCUT2D eigenvalue weighted by atomic mass is 9.87. The van der Waals surface area contributed by atoms with Gasteiger partial charge in [-0.2, -0.15) is 0 Å². The van der Waals surface area contributed by atoms with E-state index in [1.165, 1.54) is 11.1 Å². The van der Waals surface area contributed by atoms with Crippen molar-refractivity contribution in [2.75, 3.05) is 0 Å². The van der Waals surface area contributed by atoms with E-state index < -0.39 is 0 Å². The molecule has 0 bridgehead atoms. The summed E-state index contributed by atoms with van der Waals surface area (Å²) in [7, 11) is 0. The van der Waals surface area contributed by atoms with Gasteiger partial charge in [-0.05, 0) is 29.4 Å². The molecule has 0 nitrogen and oxygen atoms in total. The molecule has 0 aliphatic heterocycles. The van der Waals surface area contributed by atoms with E-state index in [0.717, 1.165) is 6.42 Å². The lowest BCUT2D eigenvalue weighted by Gasteiger charge is -2.18. The van der Waals surface area contributed by atoms with Gasteiger partial charge in [0.05, 0.1) is 0 Å². The summed E-state index contributed by atoms with van der Waals surface area (Å²) >= 11 is 0. The molecule has 0 radical (unpaired) electrons. The molecule has 0 heterocycles. The molecule has 0 N–H and O–H groups in total. The topological polar surface area (TPSA) is 0 Å². The smallest absolute Gasteiger partial charge is 0.0185 e. The number of hydrogen-bond donors (Lipinski definition) is 0. The molecule has 1 aromatic carbocycles. The fraction of sp³-hybridized carbons (Fsp3) is 0.294. The Bertz CT molecular complexity index is 384. The normalized spacial score (nSPS) is 15.1. The molecule has 0 saturated heterocycles. The number of rotatable bonds is 6. The molecular formula is C17H22. The Kier molecular flexibility index (Phi) is 5.48. The maximum Gasteiger partial charge on any atom is -0.0185 e. The van der Waals surface area contributed by atoms with Gasteiger partial charge in [-0.25, -0.2) is 0 Å². The minimum absolute atomic E-state index is 0.515. The summed E-state index contributed by atoms with van der Waals surface area (Å²) < 4.78 is 0. The fourth-order valence-electron chi connectivity index (χ4n) is 2.15. The number of hydrogen-bond acceptors (Lipinski definition) is 0. The summed E-state index contributed by atoms with van der Waals surface area (Å²) in [4.78, 5) is 0. The summed E-state index contributed by atoms with van der Waals surface area (Å²) in [6, 6.07) is 10.7. The fourth-order valence-corrected chi connectivity index (χ4v) is 2.15. The van der Waals surface area contributed by atoms with E-state index in [2.05, 4.69) is 63.4 Å². The molecule has 0 heteroatoms. The second kappa shape index (κ2) is 6.90. The Labute approximate surface area is 105 Å². The van der Waals surface area contributed by atoms with Crippen LogP contribution in [0.5, 0.6) is 0 Å². The van der Waals surface area contributed by atoms with E-state index in [0.29, 0.717) is 11.8 Å². The average molecular weight is 226 g/mol. The molecule has 17 heavy (non-hydrogen) atoms. The molecule has 0 amide bonds. The second-order valence-electron chi connectivity index (χ2n) is 4.55. The Morgan fingerprint density at radius 1 is 1.18 bits per heavy atom. The van der Waals surface area contributed by atoms with Crippen molar-refractivity contribution in [3.8, 4) is 0 Å². The van der Waals surface area contributed by atoms with Crippen LogP contribution in [-0.4, -0.2) is 0 Å². The van der Waals surface area contributed by atoms with E-state index in [-0.39, 0.29) is 0 Å². The van der Waals surface area contributed by atoms with Gasteiger partial charge in [0, 0.05) is 0 Å². The first kappa shape index (κ1) is 13.5. The van der Waals surface area contributed by atoms with E-state index in [9.17, 15) is 0 Å². The van der Waals surface area contributed by atoms with Gasteiger partial charge in [-0.3, -0.25) is 0 Å². The van der Waals surface area contributed by atoms with Crippen molar-refractivity contribution >= 4 is 0 Å². The molecular weight excluding hydrogens is 204 g/mol. The van der Waals surface area contributed by atoms with Crippen LogP contribution in [-0.2, 0) is 0 Å². The van der Waals surface area contributed by atoms with Gasteiger partial charge >= 0.3 is 0 Å². The Morgan fingerprint density at radius 3 is 2.35 bits per heavy atom. The van der Waals surface area contributed by atoms with Crippen LogP contribution in [0.1, 0.15) is 31.7 Å². The predicted molar refractivity (Wildman–Crippen MR) is 77.1 cm³/mol. The van der Waals surface area contributed by atoms with E-state index in [4.69, 9.17) is 0 Å². The van der Waals surface area contributed by atoms with Gasteiger partial charge < -0.3 is 0 Å². The number of benzene rings is 1. The zero-order chi connectivity index (χ0) is 12.7. The Morgan fingerprint density at radius 2 is 1.82 bits per heavy atom. The summed E-state index contributed by atoms with van der Waals surface area (Å²) in [5.41, 5.74) is 2.67. The first-order valence-corrected chi connectivity index (χ1v) is 6.19. The molecule has 2 atom stereocenters. The molecule has 2 unspecified atom stereocenters. The standard InChI is InChI=1S/C17H22/c1-5-10-16(6-2)14(3)13-15(4)17-11-8-7-9-12-17/h5-12,14-15H,1-2,13H2,3-4H3/b16-10+. The highest BCUT2D eigenvalue weighted by Crippen LogP contribution is 2.27. The third-order valence-corrected chi connectivity index (χ3v) is 3.19. The molecule has 0 fully saturated rings. The van der Waals surface area contributed by atoms with Crippen LogP contribution in [0, 0.1) is 5.92 Å². The largest absolute Gasteiger partial charge is 0.0991 e. The molecule has 0 aromatic heterocycles. The zero-order valence-corrected chi connectivity index (χ0v) is 10.9. The lowest BCUT2D eigenvalue weighted by molar-refractivity contribution is 0.553. The minimum atomic E-state index is 0.515. The highest BCUT2D eigenvalue weighted by atomic mass is 14.2. The van der Waals surface area contributed by atoms with Crippen molar-refractivity contribution in [1.82, 2.24) is 0 Å². The van der Waals surface area contributed by atoms with Crippen LogP contribution in [0.3, 0.4) is 0 Å². The van der Waals surface area contributed by atoms with Crippen molar-refractivity contribution in [2.24, 2.45) is 5.92 Å². The SMILES string of the molecule is C=C/C=C(\C=C)C(C)CC(C)c1ccccc1. The van der Waals surface area contributed by atoms with Crippen LogP contribution in [0.4, 0.5) is 0 Å². The highest BCUT2D eigenvalue weighted by Gasteiger charge is 2.12. The van der Waals surface area contributed by atoms with Gasteiger partial charge in [-0.15, -0.1) is 0 Å². The van der Waals surface area contributed by atoms with Gasteiger partial charge in [0.1, 0.15) is 0 Å². The van der Waals surface area contributed by atoms with E-state index >= 15 is 0 Å². The third kappa shape index (κ3) is 4.07. The highest BCUT2D eigenvalue weighted by molar-refractivity contribution is 5.25. The minimum Gasteiger partial charge on any atom is -0.0991 e. The van der Waals surface area contributed by atoms with Crippen LogP contribution >= 0.6 is 0 Å². The van der Waals surface area contributed by atoms with Crippen molar-refractivity contribution < 1.29 is 0 Å². The summed E-state index contributed by atoms with van der Waals surface area (Å²) in [6.07, 6.45) is 6.95. The van der Waals surface area contributed by atoms with E-state index in [1.54, 1.807) is 0 Å². The molecule has 1 aromatic rings. The van der Waals surface area contributed by atoms with Crippen LogP contribution in [0.25, 0.3) is 0 Å². The molecule has 0 spiro atoms. The maximum atomic E-state index is 3.86. The van der Waals surface area contributed by atoms with Crippen LogP contribution in [0.15, 0.2) is 67.3 Å². The number of allylic oxidation sites excluding steroid dienone is 4. The summed E-state index contributed by atoms with van der Waals surface area (Å²) in [6.45, 7) is 12.1. The molecule has 1 rings (SSSR count). The van der Waals surface area contributed by atoms with Crippen LogP contribution in [0.2, 0.25) is 0 Å². The quantitative estimate of drug-likeness (QED) is 0.591. The predicted octanol–water partition coefficient (Wildman–Crippen LogP) is 5.11. The molecule has 90 valence electrons. The summed E-state index contributed by atoms with van der Waals surface area (Å²) in [5, 5.41) is 0. The summed E-state index contributed by atoms with van der Waals surface area (Å²) in [5.74, 6) is 1.08. The molecule has 0 aliphatic carbocycles. The van der Waals surface area contributed by atoms with E-state index in [1.807, 2.05) is 12.2 Å². The first-order valence-electron chi connectivity index (χ1n) is 6.19. The molecule has 0 aliphatic rings. The average Bonchev–Trinajstić information content (AvgIpc) is 2.36. The zero-order valence-electron chi connectivity index (χ0n) is 10.9. The van der Waals surface area contributed by atoms with Gasteiger partial charge in [0.15, 0.2) is 0 Å². The van der Waals surface area contributed by atoms with Crippen molar-refractivity contribution in [2.45, 2.75) is 26.2 Å². The third-order valence-electron chi connectivity index (χ3n) is 3.19. The molecule has 0 saturated carbocycles. The van der Waals surface area contributed by atoms with Gasteiger partial charge in [0.25, 0.3) is 0 Å². The van der Waals surface area contributed by atoms with Gasteiger partial charge in [-0.1, -0.05) is 75.6 Å². The monoisotopic (exact) mass is 226 g/mol. The lowest BCUT2D eigenvalue weighted by Crippen LogP contribution is -2.03. The van der Waals surface area contributed by atoms with Crippen LogP contribution < -0.4 is 0 Å². The van der Waals surface area contributed by atoms with Crippen molar-refractivity contribution in [1.29, 1.82) is 0 Å². The van der Waals surface area contributed by atoms with Crippen molar-refractivity contribution in [3.63, 3.8) is 0 Å². The second-order valence-corrected chi connectivity index (χ2v) is 4.55. The van der Waals surface area contributed by atoms with Crippen molar-refractivity contribution in [3.05, 3.63) is 72.9 Å². The Balaban J connectivity index is 2.68.